The number of nitrogens with zero attached hydrogens (tertiary/aromatic N) is 5. The zero-order valence-corrected chi connectivity index (χ0v) is 34.4. The van der Waals surface area contributed by atoms with Crippen molar-refractivity contribution in [1.29, 1.82) is 0 Å². The van der Waals surface area contributed by atoms with E-state index in [1.807, 2.05) is 71.5 Å². The molecular weight excluding hydrogens is 699 g/mol. The third-order valence-electron chi connectivity index (χ3n) is 12.4. The van der Waals surface area contributed by atoms with Crippen LogP contribution >= 0.6 is 0 Å². The average molecular weight is 755 g/mol. The van der Waals surface area contributed by atoms with E-state index in [-0.39, 0.29) is 10.8 Å². The molecule has 1 N–H and O–H groups in total. The molecule has 6 heteroatoms. The highest BCUT2D eigenvalue weighted by molar-refractivity contribution is 6.03. The highest BCUT2D eigenvalue weighted by atomic mass is 16.3. The molecule has 4 aromatic carbocycles. The highest BCUT2D eigenvalue weighted by Crippen LogP contribution is 2.48. The largest absolute Gasteiger partial charge is 0.374 e. The SMILES string of the molecule is CCCN1/C(=C/C=C2\CCCC(/C=C/C3=[N+](CCC)c4ccccc4C3(C)C)=C2n2cc(C(O)(c3ccccc3)c3ccccc3)nn2)C(C)(C)c2ccccc21. The van der Waals surface area contributed by atoms with Crippen molar-refractivity contribution in [2.24, 2.45) is 0 Å². The number of aromatic nitrogens is 3. The topological polar surface area (TPSA) is 57.2 Å². The van der Waals surface area contributed by atoms with Crippen molar-refractivity contribution in [3.05, 3.63) is 184 Å². The van der Waals surface area contributed by atoms with Gasteiger partial charge in [0.2, 0.25) is 5.69 Å². The molecule has 3 aliphatic rings. The molecule has 6 nitrogen and oxygen atoms in total. The number of hydrogen-bond acceptors (Lipinski definition) is 4. The second kappa shape index (κ2) is 15.4. The van der Waals surface area contributed by atoms with Gasteiger partial charge in [0, 0.05) is 47.5 Å². The van der Waals surface area contributed by atoms with Crippen molar-refractivity contribution in [2.75, 3.05) is 18.0 Å². The summed E-state index contributed by atoms with van der Waals surface area (Å²) >= 11 is 0. The Balaban J connectivity index is 1.30. The predicted molar refractivity (Wildman–Crippen MR) is 234 cm³/mol. The first kappa shape index (κ1) is 38.3. The molecule has 0 amide bonds. The molecule has 2 aliphatic heterocycles. The van der Waals surface area contributed by atoms with Crippen molar-refractivity contribution < 1.29 is 9.68 Å². The molecule has 5 aromatic rings. The first-order chi connectivity index (χ1) is 27.6. The van der Waals surface area contributed by atoms with Crippen molar-refractivity contribution in [1.82, 2.24) is 15.0 Å². The molecular formula is C51H56N5O+. The minimum absolute atomic E-state index is 0.144. The van der Waals surface area contributed by atoms with Crippen LogP contribution in [-0.2, 0) is 16.4 Å². The monoisotopic (exact) mass is 754 g/mol. The Morgan fingerprint density at radius 1 is 0.737 bits per heavy atom. The second-order valence-electron chi connectivity index (χ2n) is 16.8. The number of hydrogen-bond donors (Lipinski definition) is 1. The van der Waals surface area contributed by atoms with Crippen LogP contribution in [0.5, 0.6) is 0 Å². The number of para-hydroxylation sites is 2. The molecule has 8 rings (SSSR count). The van der Waals surface area contributed by atoms with Crippen LogP contribution in [0, 0.1) is 0 Å². The summed E-state index contributed by atoms with van der Waals surface area (Å²) in [7, 11) is 0. The number of benzene rings is 4. The molecule has 0 saturated heterocycles. The second-order valence-corrected chi connectivity index (χ2v) is 16.8. The molecule has 0 saturated carbocycles. The zero-order chi connectivity index (χ0) is 39.8. The first-order valence-corrected chi connectivity index (χ1v) is 20.8. The summed E-state index contributed by atoms with van der Waals surface area (Å²) in [4.78, 5) is 2.51. The maximum absolute atomic E-state index is 12.7. The molecule has 57 heavy (non-hydrogen) atoms. The van der Waals surface area contributed by atoms with Gasteiger partial charge in [-0.2, -0.15) is 4.58 Å². The smallest absolute Gasteiger partial charge is 0.209 e. The van der Waals surface area contributed by atoms with Gasteiger partial charge in [-0.1, -0.05) is 142 Å². The van der Waals surface area contributed by atoms with Crippen molar-refractivity contribution in [3.63, 3.8) is 0 Å². The van der Waals surface area contributed by atoms with Gasteiger partial charge in [0.15, 0.2) is 11.3 Å². The van der Waals surface area contributed by atoms with E-state index in [1.165, 1.54) is 45.1 Å². The van der Waals surface area contributed by atoms with Crippen LogP contribution < -0.4 is 4.90 Å². The van der Waals surface area contributed by atoms with Crippen LogP contribution in [0.4, 0.5) is 11.4 Å². The Morgan fingerprint density at radius 3 is 2.07 bits per heavy atom. The van der Waals surface area contributed by atoms with Gasteiger partial charge in [-0.15, -0.1) is 5.10 Å². The minimum Gasteiger partial charge on any atom is -0.374 e. The summed E-state index contributed by atoms with van der Waals surface area (Å²) in [6.45, 7) is 15.8. The lowest BCUT2D eigenvalue weighted by molar-refractivity contribution is -0.437. The summed E-state index contributed by atoms with van der Waals surface area (Å²) in [5, 5.41) is 22.4. The molecule has 0 spiro atoms. The van der Waals surface area contributed by atoms with E-state index in [9.17, 15) is 5.11 Å². The Morgan fingerprint density at radius 2 is 1.39 bits per heavy atom. The van der Waals surface area contributed by atoms with Gasteiger partial charge in [0.1, 0.15) is 12.2 Å². The summed E-state index contributed by atoms with van der Waals surface area (Å²) in [5.41, 5.74) is 11.6. The van der Waals surface area contributed by atoms with Crippen LogP contribution in [0.1, 0.15) is 102 Å². The van der Waals surface area contributed by atoms with Gasteiger partial charge in [-0.25, -0.2) is 4.68 Å². The number of rotatable bonds is 11. The van der Waals surface area contributed by atoms with E-state index in [4.69, 9.17) is 10.3 Å². The van der Waals surface area contributed by atoms with E-state index in [1.54, 1.807) is 0 Å². The van der Waals surface area contributed by atoms with Crippen LogP contribution in [-0.4, -0.2) is 43.5 Å². The molecule has 1 aliphatic carbocycles. The van der Waals surface area contributed by atoms with Crippen LogP contribution in [0.3, 0.4) is 0 Å². The zero-order valence-electron chi connectivity index (χ0n) is 34.4. The van der Waals surface area contributed by atoms with Crippen LogP contribution in [0.15, 0.2) is 157 Å². The van der Waals surface area contributed by atoms with Crippen molar-refractivity contribution >= 4 is 22.8 Å². The Hall–Kier alpha value is -5.59. The van der Waals surface area contributed by atoms with Crippen molar-refractivity contribution in [2.45, 2.75) is 90.1 Å². The Kier molecular flexibility index (Phi) is 10.3. The molecule has 1 aromatic heterocycles. The Bertz CT molecular complexity index is 2390. The standard InChI is InChI=1S/C51H56N5O/c1-7-34-54-43-28-17-15-26-41(43)49(3,4)46(54)32-30-37-20-19-21-38(31-33-47-50(5,6)42-27-16-18-29-44(42)55(47)35-8-2)48(37)56-36-45(52-53-56)51(57,39-22-11-9-12-23-39)40-24-13-10-14-25-40/h9-18,22-33,36,57H,7-8,19-21,34-35H2,1-6H3/q+1. The van der Waals surface area contributed by atoms with E-state index in [0.717, 1.165) is 62.0 Å². The number of anilines is 1. The fraction of sp³-hybridized carbons (Fsp3) is 0.314. The summed E-state index contributed by atoms with van der Waals surface area (Å²) in [6, 6.07) is 37.3. The fourth-order valence-corrected chi connectivity index (χ4v) is 9.46. The Labute approximate surface area is 338 Å². The summed E-state index contributed by atoms with van der Waals surface area (Å²) < 4.78 is 4.43. The molecule has 290 valence electrons. The molecule has 3 heterocycles. The number of aliphatic hydroxyl groups is 1. The van der Waals surface area contributed by atoms with Gasteiger partial charge in [-0.3, -0.25) is 0 Å². The lowest BCUT2D eigenvalue weighted by Gasteiger charge is -2.27. The minimum atomic E-state index is -1.49. The molecule has 0 bridgehead atoms. The van der Waals surface area contributed by atoms with Crippen LogP contribution in [0.25, 0.3) is 5.70 Å². The summed E-state index contributed by atoms with van der Waals surface area (Å²) in [5.74, 6) is 0. The first-order valence-electron chi connectivity index (χ1n) is 20.8. The van der Waals surface area contributed by atoms with Crippen LogP contribution in [0.2, 0.25) is 0 Å². The third-order valence-corrected chi connectivity index (χ3v) is 12.4. The van der Waals surface area contributed by atoms with Gasteiger partial charge < -0.3 is 10.0 Å². The predicted octanol–water partition coefficient (Wildman–Crippen LogP) is 11.0. The summed E-state index contributed by atoms with van der Waals surface area (Å²) in [6.07, 6.45) is 16.3. The van der Waals surface area contributed by atoms with Gasteiger partial charge in [0.05, 0.1) is 17.3 Å². The van der Waals surface area contributed by atoms with E-state index < -0.39 is 5.60 Å². The van der Waals surface area contributed by atoms with E-state index in [0.29, 0.717) is 5.69 Å². The number of fused-ring (bicyclic) bond motifs is 2. The van der Waals surface area contributed by atoms with Gasteiger partial charge in [0.25, 0.3) is 0 Å². The molecule has 0 radical (unpaired) electrons. The average Bonchev–Trinajstić information content (AvgIpc) is 3.87. The van der Waals surface area contributed by atoms with E-state index in [2.05, 4.69) is 124 Å². The normalized spacial score (nSPS) is 19.0. The molecule has 0 unspecified atom stereocenters. The number of allylic oxidation sites excluding steroid dienone is 8. The van der Waals surface area contributed by atoms with Gasteiger partial charge >= 0.3 is 0 Å². The van der Waals surface area contributed by atoms with Gasteiger partial charge in [-0.05, 0) is 79.5 Å². The third kappa shape index (κ3) is 6.64. The van der Waals surface area contributed by atoms with E-state index >= 15 is 0 Å². The maximum atomic E-state index is 12.7. The maximum Gasteiger partial charge on any atom is 0.209 e. The lowest BCUT2D eigenvalue weighted by atomic mass is 9.81. The quantitative estimate of drug-likeness (QED) is 0.136. The molecule has 0 fully saturated rings. The lowest BCUT2D eigenvalue weighted by Crippen LogP contribution is -2.29. The van der Waals surface area contributed by atoms with Crippen molar-refractivity contribution in [3.8, 4) is 0 Å². The highest BCUT2D eigenvalue weighted by Gasteiger charge is 2.44. The fourth-order valence-electron chi connectivity index (χ4n) is 9.46. The molecule has 0 atom stereocenters.